The fraction of sp³-hybridized carbons (Fsp3) is 0.625. The zero-order chi connectivity index (χ0) is 14.2. The molecule has 1 saturated heterocycles. The molecule has 1 aromatic carbocycles. The van der Waals surface area contributed by atoms with Crippen LogP contribution in [-0.2, 0) is 11.2 Å². The molecule has 0 aliphatic carbocycles. The molecule has 4 heteroatoms. The van der Waals surface area contributed by atoms with Gasteiger partial charge in [-0.2, -0.15) is 0 Å². The number of aliphatic hydroxyl groups excluding tert-OH is 1. The zero-order valence-corrected chi connectivity index (χ0v) is 12.2. The highest BCUT2D eigenvalue weighted by atomic mass is 16.5. The highest BCUT2D eigenvalue weighted by molar-refractivity contribution is 5.15. The highest BCUT2D eigenvalue weighted by Gasteiger charge is 2.18. The summed E-state index contributed by atoms with van der Waals surface area (Å²) in [6, 6.07) is 11.2. The SMILES string of the molecule is CC(CC1COCCN1)N[C@@H](CO)Cc1ccccc1. The monoisotopic (exact) mass is 278 g/mol. The fourth-order valence-corrected chi connectivity index (χ4v) is 2.74. The number of rotatable bonds is 7. The Balaban J connectivity index is 1.76. The first-order valence-electron chi connectivity index (χ1n) is 7.50. The summed E-state index contributed by atoms with van der Waals surface area (Å²) in [5.74, 6) is 0. The van der Waals surface area contributed by atoms with Crippen LogP contribution in [0.2, 0.25) is 0 Å². The normalized spacial score (nSPS) is 22.4. The van der Waals surface area contributed by atoms with Crippen molar-refractivity contribution in [3.63, 3.8) is 0 Å². The van der Waals surface area contributed by atoms with Crippen LogP contribution in [0.15, 0.2) is 30.3 Å². The average molecular weight is 278 g/mol. The van der Waals surface area contributed by atoms with Gasteiger partial charge in [-0.05, 0) is 25.3 Å². The van der Waals surface area contributed by atoms with Gasteiger partial charge in [0, 0.05) is 24.7 Å². The topological polar surface area (TPSA) is 53.5 Å². The maximum Gasteiger partial charge on any atom is 0.0620 e. The van der Waals surface area contributed by atoms with Gasteiger partial charge < -0.3 is 20.5 Å². The maximum absolute atomic E-state index is 9.54. The fourth-order valence-electron chi connectivity index (χ4n) is 2.74. The van der Waals surface area contributed by atoms with E-state index in [4.69, 9.17) is 4.74 Å². The molecule has 112 valence electrons. The van der Waals surface area contributed by atoms with Gasteiger partial charge in [-0.3, -0.25) is 0 Å². The summed E-state index contributed by atoms with van der Waals surface area (Å²) in [6.45, 7) is 4.86. The molecule has 0 aromatic heterocycles. The van der Waals surface area contributed by atoms with Gasteiger partial charge in [-0.1, -0.05) is 30.3 Å². The van der Waals surface area contributed by atoms with Crippen molar-refractivity contribution in [1.82, 2.24) is 10.6 Å². The van der Waals surface area contributed by atoms with Gasteiger partial charge in [0.25, 0.3) is 0 Å². The van der Waals surface area contributed by atoms with E-state index >= 15 is 0 Å². The Morgan fingerprint density at radius 3 is 2.85 bits per heavy atom. The van der Waals surface area contributed by atoms with Crippen LogP contribution in [0, 0.1) is 0 Å². The lowest BCUT2D eigenvalue weighted by molar-refractivity contribution is 0.0702. The summed E-state index contributed by atoms with van der Waals surface area (Å²) in [5.41, 5.74) is 1.25. The molecular formula is C16H26N2O2. The molecule has 1 aliphatic rings. The van der Waals surface area contributed by atoms with E-state index < -0.39 is 0 Å². The third-order valence-electron chi connectivity index (χ3n) is 3.70. The maximum atomic E-state index is 9.54. The Morgan fingerprint density at radius 2 is 2.20 bits per heavy atom. The van der Waals surface area contributed by atoms with Crippen molar-refractivity contribution in [2.75, 3.05) is 26.4 Å². The molecule has 2 unspecified atom stereocenters. The highest BCUT2D eigenvalue weighted by Crippen LogP contribution is 2.07. The van der Waals surface area contributed by atoms with Crippen molar-refractivity contribution >= 4 is 0 Å². The molecule has 3 atom stereocenters. The van der Waals surface area contributed by atoms with Gasteiger partial charge >= 0.3 is 0 Å². The van der Waals surface area contributed by atoms with E-state index in [9.17, 15) is 5.11 Å². The smallest absolute Gasteiger partial charge is 0.0620 e. The third-order valence-corrected chi connectivity index (χ3v) is 3.70. The van der Waals surface area contributed by atoms with Crippen LogP contribution >= 0.6 is 0 Å². The Morgan fingerprint density at radius 1 is 1.40 bits per heavy atom. The van der Waals surface area contributed by atoms with Gasteiger partial charge in [0.05, 0.1) is 19.8 Å². The van der Waals surface area contributed by atoms with Gasteiger partial charge in [-0.15, -0.1) is 0 Å². The second kappa shape index (κ2) is 8.37. The molecule has 0 spiro atoms. The molecule has 0 saturated carbocycles. The molecule has 1 fully saturated rings. The first kappa shape index (κ1) is 15.4. The Kier molecular flexibility index (Phi) is 6.47. The molecule has 1 aliphatic heterocycles. The Labute approximate surface area is 121 Å². The molecule has 0 amide bonds. The van der Waals surface area contributed by atoms with Gasteiger partial charge in [0.15, 0.2) is 0 Å². The van der Waals surface area contributed by atoms with E-state index in [0.717, 1.165) is 32.6 Å². The molecule has 3 N–H and O–H groups in total. The predicted molar refractivity (Wildman–Crippen MR) is 80.8 cm³/mol. The average Bonchev–Trinajstić information content (AvgIpc) is 2.48. The van der Waals surface area contributed by atoms with Gasteiger partial charge in [-0.25, -0.2) is 0 Å². The summed E-state index contributed by atoms with van der Waals surface area (Å²) in [5, 5.41) is 16.5. The number of ether oxygens (including phenoxy) is 1. The van der Waals surface area contributed by atoms with Crippen molar-refractivity contribution in [2.24, 2.45) is 0 Å². The van der Waals surface area contributed by atoms with Crippen molar-refractivity contribution in [3.8, 4) is 0 Å². The molecule has 1 aromatic rings. The Bertz CT molecular complexity index is 366. The molecule has 2 rings (SSSR count). The Hall–Kier alpha value is -0.940. The van der Waals surface area contributed by atoms with Gasteiger partial charge in [0.2, 0.25) is 0 Å². The number of benzene rings is 1. The van der Waals surface area contributed by atoms with E-state index in [0.29, 0.717) is 12.1 Å². The van der Waals surface area contributed by atoms with Crippen LogP contribution < -0.4 is 10.6 Å². The standard InChI is InChI=1S/C16H26N2O2/c1-13(9-16-12-20-8-7-17-16)18-15(11-19)10-14-5-3-2-4-6-14/h2-6,13,15-19H,7-12H2,1H3/t13?,15-,16?/m1/s1. The lowest BCUT2D eigenvalue weighted by Crippen LogP contribution is -2.47. The van der Waals surface area contributed by atoms with Crippen LogP contribution in [0.5, 0.6) is 0 Å². The predicted octanol–water partition coefficient (Wildman–Crippen LogP) is 0.947. The van der Waals surface area contributed by atoms with Crippen molar-refractivity contribution in [1.29, 1.82) is 0 Å². The number of hydrogen-bond acceptors (Lipinski definition) is 4. The van der Waals surface area contributed by atoms with E-state index in [1.54, 1.807) is 0 Å². The van der Waals surface area contributed by atoms with E-state index in [-0.39, 0.29) is 12.6 Å². The van der Waals surface area contributed by atoms with Crippen LogP contribution in [0.3, 0.4) is 0 Å². The quantitative estimate of drug-likeness (QED) is 0.695. The number of aliphatic hydroxyl groups is 1. The summed E-state index contributed by atoms with van der Waals surface area (Å²) < 4.78 is 5.47. The second-order valence-electron chi connectivity index (χ2n) is 5.60. The summed E-state index contributed by atoms with van der Waals surface area (Å²) in [4.78, 5) is 0. The van der Waals surface area contributed by atoms with Crippen molar-refractivity contribution in [3.05, 3.63) is 35.9 Å². The lowest BCUT2D eigenvalue weighted by atomic mass is 10.0. The first-order chi connectivity index (χ1) is 9.78. The first-order valence-corrected chi connectivity index (χ1v) is 7.50. The second-order valence-corrected chi connectivity index (χ2v) is 5.60. The number of morpholine rings is 1. The molecule has 20 heavy (non-hydrogen) atoms. The molecule has 0 bridgehead atoms. The van der Waals surface area contributed by atoms with E-state index in [1.807, 2.05) is 18.2 Å². The molecular weight excluding hydrogens is 252 g/mol. The third kappa shape index (κ3) is 5.21. The van der Waals surface area contributed by atoms with Crippen LogP contribution in [-0.4, -0.2) is 49.6 Å². The van der Waals surface area contributed by atoms with Crippen LogP contribution in [0.1, 0.15) is 18.9 Å². The minimum atomic E-state index is 0.108. The number of hydrogen-bond donors (Lipinski definition) is 3. The van der Waals surface area contributed by atoms with Crippen LogP contribution in [0.25, 0.3) is 0 Å². The van der Waals surface area contributed by atoms with Crippen molar-refractivity contribution < 1.29 is 9.84 Å². The molecule has 0 radical (unpaired) electrons. The summed E-state index contributed by atoms with van der Waals surface area (Å²) in [6.07, 6.45) is 1.88. The minimum Gasteiger partial charge on any atom is -0.395 e. The minimum absolute atomic E-state index is 0.108. The van der Waals surface area contributed by atoms with Gasteiger partial charge in [0.1, 0.15) is 0 Å². The lowest BCUT2D eigenvalue weighted by Gasteiger charge is -2.28. The van der Waals surface area contributed by atoms with E-state index in [2.05, 4.69) is 29.7 Å². The number of nitrogens with one attached hydrogen (secondary N) is 2. The summed E-state index contributed by atoms with van der Waals surface area (Å²) >= 11 is 0. The largest absolute Gasteiger partial charge is 0.395 e. The molecule has 4 nitrogen and oxygen atoms in total. The summed E-state index contributed by atoms with van der Waals surface area (Å²) in [7, 11) is 0. The van der Waals surface area contributed by atoms with E-state index in [1.165, 1.54) is 5.56 Å². The van der Waals surface area contributed by atoms with Crippen LogP contribution in [0.4, 0.5) is 0 Å². The molecule has 1 heterocycles. The van der Waals surface area contributed by atoms with Crippen molar-refractivity contribution in [2.45, 2.75) is 37.9 Å². The zero-order valence-electron chi connectivity index (χ0n) is 12.2.